The van der Waals surface area contributed by atoms with Crippen molar-refractivity contribution in [1.29, 1.82) is 0 Å². The quantitative estimate of drug-likeness (QED) is 0.521. The Bertz CT molecular complexity index is 357. The van der Waals surface area contributed by atoms with Gasteiger partial charge in [-0.1, -0.05) is 5.92 Å². The summed E-state index contributed by atoms with van der Waals surface area (Å²) in [5.41, 5.74) is 0. The maximum absolute atomic E-state index is 5.41. The van der Waals surface area contributed by atoms with E-state index in [1.807, 2.05) is 6.07 Å². The summed E-state index contributed by atoms with van der Waals surface area (Å²) in [5, 5.41) is 0. The molecule has 1 aromatic heterocycles. The third-order valence-electron chi connectivity index (χ3n) is 2.28. The molecule has 0 aliphatic rings. The minimum Gasteiger partial charge on any atom is -0.382 e. The molecule has 4 heteroatoms. The Morgan fingerprint density at radius 2 is 2.18 bits per heavy atom. The Labute approximate surface area is 107 Å². The van der Waals surface area contributed by atoms with Crippen LogP contribution in [0.4, 0.5) is 0 Å². The van der Waals surface area contributed by atoms with Crippen LogP contribution in [0.5, 0.6) is 0 Å². The summed E-state index contributed by atoms with van der Waals surface area (Å²) in [5.74, 6) is 2.65. The fourth-order valence-corrected chi connectivity index (χ4v) is 2.25. The zero-order chi connectivity index (χ0) is 12.5. The lowest BCUT2D eigenvalue weighted by Crippen LogP contribution is -2.22. The van der Waals surface area contributed by atoms with Crippen molar-refractivity contribution in [3.63, 3.8) is 0 Å². The molecular formula is C13H19NO2S. The summed E-state index contributed by atoms with van der Waals surface area (Å²) in [6, 6.07) is 4.07. The van der Waals surface area contributed by atoms with Crippen molar-refractivity contribution in [2.24, 2.45) is 0 Å². The van der Waals surface area contributed by atoms with Gasteiger partial charge in [0.1, 0.15) is 0 Å². The van der Waals surface area contributed by atoms with Crippen LogP contribution in [0.1, 0.15) is 9.75 Å². The van der Waals surface area contributed by atoms with E-state index in [0.717, 1.165) is 24.6 Å². The molecule has 0 amide bonds. The van der Waals surface area contributed by atoms with E-state index in [1.54, 1.807) is 18.4 Å². The molecule has 0 aromatic carbocycles. The Hall–Kier alpha value is -0.860. The lowest BCUT2D eigenvalue weighted by Gasteiger charge is -2.15. The number of rotatable bonds is 8. The van der Waals surface area contributed by atoms with Gasteiger partial charge in [-0.2, -0.15) is 0 Å². The first-order valence-corrected chi connectivity index (χ1v) is 6.38. The molecule has 0 aliphatic heterocycles. The molecule has 17 heavy (non-hydrogen) atoms. The molecule has 0 saturated heterocycles. The SMILES string of the molecule is C#Cc1ccc(CN(C)CCOCCOC)s1. The molecule has 0 saturated carbocycles. The van der Waals surface area contributed by atoms with Gasteiger partial charge in [0, 0.05) is 25.1 Å². The Morgan fingerprint density at radius 1 is 1.35 bits per heavy atom. The summed E-state index contributed by atoms with van der Waals surface area (Å²) in [7, 11) is 3.75. The highest BCUT2D eigenvalue weighted by molar-refractivity contribution is 7.12. The van der Waals surface area contributed by atoms with Gasteiger partial charge < -0.3 is 9.47 Å². The van der Waals surface area contributed by atoms with Crippen LogP contribution < -0.4 is 0 Å². The number of ether oxygens (including phenoxy) is 2. The van der Waals surface area contributed by atoms with Crippen LogP contribution in [0.3, 0.4) is 0 Å². The van der Waals surface area contributed by atoms with E-state index in [0.29, 0.717) is 13.2 Å². The zero-order valence-corrected chi connectivity index (χ0v) is 11.3. The molecular weight excluding hydrogens is 234 g/mol. The molecule has 0 unspecified atom stereocenters. The number of thiophene rings is 1. The third-order valence-corrected chi connectivity index (χ3v) is 3.28. The van der Waals surface area contributed by atoms with Gasteiger partial charge in [0.05, 0.1) is 24.7 Å². The average Bonchev–Trinajstić information content (AvgIpc) is 2.76. The highest BCUT2D eigenvalue weighted by Gasteiger charge is 2.02. The number of hydrogen-bond acceptors (Lipinski definition) is 4. The van der Waals surface area contributed by atoms with Crippen LogP contribution in [0.25, 0.3) is 0 Å². The first-order chi connectivity index (χ1) is 8.26. The Kier molecular flexibility index (Phi) is 6.90. The monoisotopic (exact) mass is 253 g/mol. The molecule has 0 aliphatic carbocycles. The van der Waals surface area contributed by atoms with Gasteiger partial charge in [-0.15, -0.1) is 17.8 Å². The van der Waals surface area contributed by atoms with Crippen LogP contribution in [-0.4, -0.2) is 45.4 Å². The molecule has 0 radical (unpaired) electrons. The molecule has 0 spiro atoms. The number of nitrogens with zero attached hydrogens (tertiary/aromatic N) is 1. The Balaban J connectivity index is 2.16. The third kappa shape index (κ3) is 5.85. The van der Waals surface area contributed by atoms with Crippen LogP contribution in [0, 0.1) is 12.3 Å². The van der Waals surface area contributed by atoms with Crippen molar-refractivity contribution in [1.82, 2.24) is 4.90 Å². The average molecular weight is 253 g/mol. The van der Waals surface area contributed by atoms with E-state index in [-0.39, 0.29) is 0 Å². The molecule has 0 N–H and O–H groups in total. The van der Waals surface area contributed by atoms with Crippen molar-refractivity contribution in [3.8, 4) is 12.3 Å². The first kappa shape index (κ1) is 14.2. The van der Waals surface area contributed by atoms with Gasteiger partial charge in [0.2, 0.25) is 0 Å². The fourth-order valence-electron chi connectivity index (χ4n) is 1.35. The Morgan fingerprint density at radius 3 is 2.82 bits per heavy atom. The summed E-state index contributed by atoms with van der Waals surface area (Å²) >= 11 is 1.67. The maximum atomic E-state index is 5.41. The van der Waals surface area contributed by atoms with Crippen LogP contribution >= 0.6 is 11.3 Å². The van der Waals surface area contributed by atoms with Crippen molar-refractivity contribution in [2.75, 3.05) is 40.5 Å². The van der Waals surface area contributed by atoms with Crippen molar-refractivity contribution in [2.45, 2.75) is 6.54 Å². The smallest absolute Gasteiger partial charge is 0.0769 e. The predicted molar refractivity (Wildman–Crippen MR) is 71.3 cm³/mol. The van der Waals surface area contributed by atoms with Gasteiger partial charge in [-0.25, -0.2) is 0 Å². The van der Waals surface area contributed by atoms with E-state index >= 15 is 0 Å². The number of methoxy groups -OCH3 is 1. The van der Waals surface area contributed by atoms with Crippen LogP contribution in [-0.2, 0) is 16.0 Å². The summed E-state index contributed by atoms with van der Waals surface area (Å²) < 4.78 is 10.3. The van der Waals surface area contributed by atoms with E-state index in [1.165, 1.54) is 4.88 Å². The molecule has 0 atom stereocenters. The summed E-state index contributed by atoms with van der Waals surface area (Å²) in [6.45, 7) is 3.87. The second kappa shape index (κ2) is 8.26. The lowest BCUT2D eigenvalue weighted by atomic mass is 10.4. The topological polar surface area (TPSA) is 21.7 Å². The molecule has 1 rings (SSSR count). The minimum absolute atomic E-state index is 0.653. The van der Waals surface area contributed by atoms with Gasteiger partial charge in [0.25, 0.3) is 0 Å². The van der Waals surface area contributed by atoms with Gasteiger partial charge in [0.15, 0.2) is 0 Å². The minimum atomic E-state index is 0.653. The number of terminal acetylenes is 1. The summed E-state index contributed by atoms with van der Waals surface area (Å²) in [6.07, 6.45) is 5.34. The van der Waals surface area contributed by atoms with Gasteiger partial charge in [-0.05, 0) is 19.2 Å². The van der Waals surface area contributed by atoms with E-state index in [2.05, 4.69) is 23.9 Å². The largest absolute Gasteiger partial charge is 0.382 e. The fraction of sp³-hybridized carbons (Fsp3) is 0.538. The highest BCUT2D eigenvalue weighted by atomic mass is 32.1. The molecule has 3 nitrogen and oxygen atoms in total. The maximum Gasteiger partial charge on any atom is 0.0769 e. The van der Waals surface area contributed by atoms with Crippen molar-refractivity contribution < 1.29 is 9.47 Å². The van der Waals surface area contributed by atoms with Crippen molar-refractivity contribution >= 4 is 11.3 Å². The molecule has 1 aromatic rings. The standard InChI is InChI=1S/C13H19NO2S/c1-4-12-5-6-13(17-12)11-14(2)7-8-16-10-9-15-3/h1,5-6H,7-11H2,2-3H3. The van der Waals surface area contributed by atoms with E-state index in [4.69, 9.17) is 15.9 Å². The zero-order valence-electron chi connectivity index (χ0n) is 10.4. The number of likely N-dealkylation sites (N-methyl/N-ethyl adjacent to an activating group) is 1. The summed E-state index contributed by atoms with van der Waals surface area (Å²) in [4.78, 5) is 4.50. The van der Waals surface area contributed by atoms with E-state index < -0.39 is 0 Å². The van der Waals surface area contributed by atoms with Crippen LogP contribution in [0.15, 0.2) is 12.1 Å². The second-order valence-electron chi connectivity index (χ2n) is 3.75. The predicted octanol–water partition coefficient (Wildman–Crippen LogP) is 1.82. The van der Waals surface area contributed by atoms with E-state index in [9.17, 15) is 0 Å². The second-order valence-corrected chi connectivity index (χ2v) is 4.92. The normalized spacial score (nSPS) is 10.7. The lowest BCUT2D eigenvalue weighted by molar-refractivity contribution is 0.0599. The van der Waals surface area contributed by atoms with Crippen LogP contribution in [0.2, 0.25) is 0 Å². The van der Waals surface area contributed by atoms with Gasteiger partial charge >= 0.3 is 0 Å². The molecule has 0 bridgehead atoms. The van der Waals surface area contributed by atoms with Gasteiger partial charge in [-0.3, -0.25) is 4.90 Å². The highest BCUT2D eigenvalue weighted by Crippen LogP contribution is 2.16. The number of hydrogen-bond donors (Lipinski definition) is 0. The molecule has 94 valence electrons. The molecule has 1 heterocycles. The first-order valence-electron chi connectivity index (χ1n) is 5.57. The molecule has 0 fully saturated rings. The van der Waals surface area contributed by atoms with Crippen molar-refractivity contribution in [3.05, 3.63) is 21.9 Å².